The number of hydrogen-bond acceptors (Lipinski definition) is 2. The van der Waals surface area contributed by atoms with Crippen molar-refractivity contribution in [3.63, 3.8) is 0 Å². The van der Waals surface area contributed by atoms with Crippen LogP contribution in [0.2, 0.25) is 0 Å². The van der Waals surface area contributed by atoms with E-state index in [0.29, 0.717) is 6.42 Å². The third kappa shape index (κ3) is 1.42. The first-order chi connectivity index (χ1) is 7.75. The lowest BCUT2D eigenvalue weighted by Crippen LogP contribution is -2.41. The molecule has 0 saturated carbocycles. The Morgan fingerprint density at radius 1 is 1.06 bits per heavy atom. The SMILES string of the molecule is NC1Cc2ccc3ccccc3c2CC1O. The summed E-state index contributed by atoms with van der Waals surface area (Å²) in [5.41, 5.74) is 8.45. The van der Waals surface area contributed by atoms with Crippen LogP contribution in [0, 0.1) is 0 Å². The van der Waals surface area contributed by atoms with Gasteiger partial charge in [0, 0.05) is 12.5 Å². The van der Waals surface area contributed by atoms with Crippen molar-refractivity contribution in [1.29, 1.82) is 0 Å². The van der Waals surface area contributed by atoms with Gasteiger partial charge in [0.2, 0.25) is 0 Å². The molecule has 0 bridgehead atoms. The van der Waals surface area contributed by atoms with Crippen LogP contribution in [0.5, 0.6) is 0 Å². The lowest BCUT2D eigenvalue weighted by atomic mass is 9.84. The molecule has 0 aromatic heterocycles. The molecule has 3 N–H and O–H groups in total. The van der Waals surface area contributed by atoms with Gasteiger partial charge in [-0.1, -0.05) is 36.4 Å². The Kier molecular flexibility index (Phi) is 2.20. The average molecular weight is 213 g/mol. The predicted octanol–water partition coefficient (Wildman–Crippen LogP) is 1.63. The van der Waals surface area contributed by atoms with Gasteiger partial charge < -0.3 is 10.8 Å². The van der Waals surface area contributed by atoms with E-state index in [2.05, 4.69) is 24.3 Å². The zero-order valence-corrected chi connectivity index (χ0v) is 9.06. The van der Waals surface area contributed by atoms with E-state index in [1.165, 1.54) is 21.9 Å². The molecule has 16 heavy (non-hydrogen) atoms. The maximum absolute atomic E-state index is 9.86. The maximum atomic E-state index is 9.86. The van der Waals surface area contributed by atoms with Gasteiger partial charge in [0.1, 0.15) is 0 Å². The molecule has 0 radical (unpaired) electrons. The predicted molar refractivity (Wildman–Crippen MR) is 65.3 cm³/mol. The minimum Gasteiger partial charge on any atom is -0.391 e. The van der Waals surface area contributed by atoms with E-state index in [-0.39, 0.29) is 6.04 Å². The summed E-state index contributed by atoms with van der Waals surface area (Å²) in [5, 5.41) is 12.4. The van der Waals surface area contributed by atoms with Crippen LogP contribution in [0.4, 0.5) is 0 Å². The van der Waals surface area contributed by atoms with Crippen LogP contribution in [0.1, 0.15) is 11.1 Å². The summed E-state index contributed by atoms with van der Waals surface area (Å²) in [4.78, 5) is 0. The van der Waals surface area contributed by atoms with Gasteiger partial charge in [-0.3, -0.25) is 0 Å². The highest BCUT2D eigenvalue weighted by atomic mass is 16.3. The van der Waals surface area contributed by atoms with E-state index in [4.69, 9.17) is 5.73 Å². The molecule has 0 fully saturated rings. The third-order valence-electron chi connectivity index (χ3n) is 3.50. The molecule has 2 aromatic rings. The molecule has 2 unspecified atom stereocenters. The van der Waals surface area contributed by atoms with Gasteiger partial charge in [0.05, 0.1) is 6.10 Å². The molecule has 3 rings (SSSR count). The fraction of sp³-hybridized carbons (Fsp3) is 0.286. The second kappa shape index (κ2) is 3.58. The molecule has 0 amide bonds. The number of benzene rings is 2. The minimum atomic E-state index is -0.404. The Hall–Kier alpha value is -1.38. The van der Waals surface area contributed by atoms with Crippen molar-refractivity contribution in [1.82, 2.24) is 0 Å². The third-order valence-corrected chi connectivity index (χ3v) is 3.50. The Bertz CT molecular complexity index is 535. The van der Waals surface area contributed by atoms with E-state index >= 15 is 0 Å². The van der Waals surface area contributed by atoms with Crippen molar-refractivity contribution in [3.05, 3.63) is 47.5 Å². The molecule has 0 spiro atoms. The van der Waals surface area contributed by atoms with Gasteiger partial charge in [-0.15, -0.1) is 0 Å². The Morgan fingerprint density at radius 2 is 1.88 bits per heavy atom. The highest BCUT2D eigenvalue weighted by Gasteiger charge is 2.24. The first kappa shape index (κ1) is 9.82. The summed E-state index contributed by atoms with van der Waals surface area (Å²) < 4.78 is 0. The minimum absolute atomic E-state index is 0.117. The molecule has 2 heteroatoms. The molecule has 0 heterocycles. The molecule has 1 aliphatic rings. The van der Waals surface area contributed by atoms with Crippen LogP contribution in [0.25, 0.3) is 10.8 Å². The highest BCUT2D eigenvalue weighted by molar-refractivity contribution is 5.87. The van der Waals surface area contributed by atoms with E-state index in [1.807, 2.05) is 12.1 Å². The van der Waals surface area contributed by atoms with Crippen molar-refractivity contribution in [2.45, 2.75) is 25.0 Å². The number of hydrogen-bond donors (Lipinski definition) is 2. The summed E-state index contributed by atoms with van der Waals surface area (Å²) in [6.45, 7) is 0. The molecule has 1 aliphatic carbocycles. The number of nitrogens with two attached hydrogens (primary N) is 1. The molecular weight excluding hydrogens is 198 g/mol. The highest BCUT2D eigenvalue weighted by Crippen LogP contribution is 2.28. The van der Waals surface area contributed by atoms with E-state index in [1.54, 1.807) is 0 Å². The zero-order chi connectivity index (χ0) is 11.1. The number of aliphatic hydroxyl groups is 1. The average Bonchev–Trinajstić information content (AvgIpc) is 2.31. The second-order valence-electron chi connectivity index (χ2n) is 4.56. The van der Waals surface area contributed by atoms with Gasteiger partial charge in [-0.05, 0) is 28.3 Å². The van der Waals surface area contributed by atoms with Gasteiger partial charge in [-0.2, -0.15) is 0 Å². The lowest BCUT2D eigenvalue weighted by molar-refractivity contribution is 0.138. The van der Waals surface area contributed by atoms with Gasteiger partial charge in [-0.25, -0.2) is 0 Å². The van der Waals surface area contributed by atoms with Crippen LogP contribution in [0.15, 0.2) is 36.4 Å². The zero-order valence-electron chi connectivity index (χ0n) is 9.06. The Morgan fingerprint density at radius 3 is 2.75 bits per heavy atom. The van der Waals surface area contributed by atoms with Gasteiger partial charge in [0.15, 0.2) is 0 Å². The number of fused-ring (bicyclic) bond motifs is 3. The normalized spacial score (nSPS) is 24.4. The second-order valence-corrected chi connectivity index (χ2v) is 4.56. The van der Waals surface area contributed by atoms with Gasteiger partial charge in [0.25, 0.3) is 0 Å². The standard InChI is InChI=1S/C14H15NO/c15-13-7-10-6-5-9-3-1-2-4-11(9)12(10)8-14(13)16/h1-6,13-14,16H,7-8,15H2. The molecule has 0 saturated heterocycles. The number of aliphatic hydroxyl groups excluding tert-OH is 1. The molecule has 0 aliphatic heterocycles. The summed E-state index contributed by atoms with van der Waals surface area (Å²) in [6.07, 6.45) is 1.05. The smallest absolute Gasteiger partial charge is 0.0734 e. The monoisotopic (exact) mass is 213 g/mol. The van der Waals surface area contributed by atoms with Crippen LogP contribution >= 0.6 is 0 Å². The summed E-state index contributed by atoms with van der Waals surface area (Å²) in [6, 6.07) is 12.5. The van der Waals surface area contributed by atoms with Gasteiger partial charge >= 0.3 is 0 Å². The molecule has 2 aromatic carbocycles. The van der Waals surface area contributed by atoms with Crippen molar-refractivity contribution in [2.24, 2.45) is 5.73 Å². The van der Waals surface area contributed by atoms with Crippen molar-refractivity contribution in [2.75, 3.05) is 0 Å². The van der Waals surface area contributed by atoms with Crippen molar-refractivity contribution in [3.8, 4) is 0 Å². The summed E-state index contributed by atoms with van der Waals surface area (Å²) >= 11 is 0. The van der Waals surface area contributed by atoms with Crippen molar-refractivity contribution >= 4 is 10.8 Å². The van der Waals surface area contributed by atoms with Crippen molar-refractivity contribution < 1.29 is 5.11 Å². The van der Waals surface area contributed by atoms with Crippen LogP contribution < -0.4 is 5.73 Å². The summed E-state index contributed by atoms with van der Waals surface area (Å²) in [5.74, 6) is 0. The number of rotatable bonds is 0. The fourth-order valence-electron chi connectivity index (χ4n) is 2.56. The molecular formula is C14H15NO. The first-order valence-corrected chi connectivity index (χ1v) is 5.69. The fourth-order valence-corrected chi connectivity index (χ4v) is 2.56. The van der Waals surface area contributed by atoms with Crippen LogP contribution in [-0.2, 0) is 12.8 Å². The Balaban J connectivity index is 2.23. The molecule has 82 valence electrons. The first-order valence-electron chi connectivity index (χ1n) is 5.69. The molecule has 2 nitrogen and oxygen atoms in total. The van der Waals surface area contributed by atoms with Crippen LogP contribution in [-0.4, -0.2) is 17.3 Å². The molecule has 2 atom stereocenters. The largest absolute Gasteiger partial charge is 0.391 e. The summed E-state index contributed by atoms with van der Waals surface area (Å²) in [7, 11) is 0. The van der Waals surface area contributed by atoms with E-state index < -0.39 is 6.10 Å². The maximum Gasteiger partial charge on any atom is 0.0734 e. The quantitative estimate of drug-likeness (QED) is 0.698. The lowest BCUT2D eigenvalue weighted by Gasteiger charge is -2.27. The topological polar surface area (TPSA) is 46.2 Å². The van der Waals surface area contributed by atoms with Crippen LogP contribution in [0.3, 0.4) is 0 Å². The Labute approximate surface area is 94.7 Å². The van der Waals surface area contributed by atoms with E-state index in [0.717, 1.165) is 6.42 Å². The van der Waals surface area contributed by atoms with E-state index in [9.17, 15) is 5.11 Å².